The number of rotatable bonds is 3. The Labute approximate surface area is 170 Å². The predicted molar refractivity (Wildman–Crippen MR) is 96.4 cm³/mol. The van der Waals surface area contributed by atoms with E-state index in [-0.39, 0.29) is 24.8 Å². The fourth-order valence-corrected chi connectivity index (χ4v) is 10.4. The summed E-state index contributed by atoms with van der Waals surface area (Å²) in [7, 11) is 0. The molecule has 126 valence electrons. The van der Waals surface area contributed by atoms with Gasteiger partial charge in [-0.2, -0.15) is 0 Å². The van der Waals surface area contributed by atoms with Gasteiger partial charge in [0.15, 0.2) is 0 Å². The van der Waals surface area contributed by atoms with Crippen LogP contribution < -0.4 is 24.8 Å². The average Bonchev–Trinajstić information content (AvgIpc) is 3.24. The number of aryl methyl sites for hydroxylation is 1. The van der Waals surface area contributed by atoms with Gasteiger partial charge >= 0.3 is 146 Å². The fourth-order valence-electron chi connectivity index (χ4n) is 3.41. The molecule has 1 atom stereocenters. The molecule has 0 spiro atoms. The van der Waals surface area contributed by atoms with E-state index in [1.165, 1.54) is 22.3 Å². The van der Waals surface area contributed by atoms with Crippen LogP contribution in [0.25, 0.3) is 6.08 Å². The van der Waals surface area contributed by atoms with Crippen LogP contribution in [0.1, 0.15) is 32.3 Å². The maximum atomic E-state index is 2.64. The number of allylic oxidation sites excluding steroid dienone is 5. The van der Waals surface area contributed by atoms with Crippen molar-refractivity contribution in [3.05, 3.63) is 98.4 Å². The van der Waals surface area contributed by atoms with Gasteiger partial charge < -0.3 is 24.8 Å². The summed E-state index contributed by atoms with van der Waals surface area (Å²) in [6.45, 7) is 2.16. The van der Waals surface area contributed by atoms with E-state index in [4.69, 9.17) is 0 Å². The standard InChI is InChI=1S/C9H7.C8H8.C5H5.2ClH.Zr/c1-2-5-9-7-3-6-8(9)4-1;1-7-3-5-8(2)6-4-7;1-2-4-5-3-1;;;/h1-7H;1,3-6H,2H3;1-3H,4H2;2*1H;/q;;;;;+2/p-2. The van der Waals surface area contributed by atoms with Crippen molar-refractivity contribution in [2.45, 2.75) is 17.0 Å². The van der Waals surface area contributed by atoms with Crippen molar-refractivity contribution in [3.63, 3.8) is 0 Å². The van der Waals surface area contributed by atoms with E-state index >= 15 is 0 Å². The van der Waals surface area contributed by atoms with Gasteiger partial charge in [0.1, 0.15) is 0 Å². The minimum Gasteiger partial charge on any atom is -1.00 e. The molecule has 0 radical (unpaired) electrons. The molecule has 4 rings (SSSR count). The molecule has 0 saturated carbocycles. The molecule has 0 saturated heterocycles. The first kappa shape index (κ1) is 20.3. The zero-order valence-corrected chi connectivity index (χ0v) is 18.1. The molecule has 0 nitrogen and oxygen atoms in total. The number of halogens is 2. The van der Waals surface area contributed by atoms with Gasteiger partial charge in [0.25, 0.3) is 0 Å². The summed E-state index contributed by atoms with van der Waals surface area (Å²) in [6.07, 6.45) is 12.9. The number of fused-ring (bicyclic) bond motifs is 1. The molecule has 0 bridgehead atoms. The topological polar surface area (TPSA) is 0 Å². The van der Waals surface area contributed by atoms with Crippen molar-refractivity contribution in [1.29, 1.82) is 0 Å². The van der Waals surface area contributed by atoms with Gasteiger partial charge in [-0.1, -0.05) is 0 Å². The maximum Gasteiger partial charge on any atom is -1.00 e. The molecule has 2 aliphatic rings. The van der Waals surface area contributed by atoms with Crippen LogP contribution in [0.3, 0.4) is 0 Å². The first-order chi connectivity index (χ1) is 11.3. The van der Waals surface area contributed by atoms with Crippen LogP contribution in [-0.4, -0.2) is 3.71 Å². The predicted octanol–water partition coefficient (Wildman–Crippen LogP) is -0.617. The van der Waals surface area contributed by atoms with E-state index in [2.05, 4.69) is 89.5 Å². The van der Waals surface area contributed by atoms with Crippen LogP contribution in [0.15, 0.2) is 76.1 Å². The second kappa shape index (κ2) is 9.08. The summed E-state index contributed by atoms with van der Waals surface area (Å²) >= 11 is -1.92. The Bertz CT molecular complexity index is 858. The first-order valence-electron chi connectivity index (χ1n) is 8.23. The molecule has 0 heterocycles. The Balaban J connectivity index is 0.00000113. The van der Waals surface area contributed by atoms with Gasteiger partial charge in [0.05, 0.1) is 0 Å². The van der Waals surface area contributed by atoms with Gasteiger partial charge in [0, 0.05) is 0 Å². The van der Waals surface area contributed by atoms with Crippen LogP contribution in [0.5, 0.6) is 0 Å². The molecule has 3 heteroatoms. The molecule has 2 aliphatic carbocycles. The Morgan fingerprint density at radius 1 is 1.00 bits per heavy atom. The smallest absolute Gasteiger partial charge is 1.00 e. The molecule has 2 aromatic carbocycles. The van der Waals surface area contributed by atoms with Gasteiger partial charge in [-0.05, 0) is 0 Å². The quantitative estimate of drug-likeness (QED) is 0.590. The number of hydrogen-bond acceptors (Lipinski definition) is 0. The molecule has 0 fully saturated rings. The van der Waals surface area contributed by atoms with Crippen molar-refractivity contribution in [2.24, 2.45) is 0 Å². The molecular weight excluding hydrogens is 426 g/mol. The van der Waals surface area contributed by atoms with E-state index in [1.807, 2.05) is 0 Å². The first-order valence-corrected chi connectivity index (χ1v) is 12.3. The molecule has 25 heavy (non-hydrogen) atoms. The average molecular weight is 447 g/mol. The van der Waals surface area contributed by atoms with Crippen LogP contribution in [-0.2, 0) is 21.3 Å². The molecular formula is C22H20Cl2Zr. The van der Waals surface area contributed by atoms with E-state index in [0.29, 0.717) is 3.63 Å². The molecule has 1 unspecified atom stereocenters. The number of hydrogen-bond donors (Lipinski definition) is 0. The summed E-state index contributed by atoms with van der Waals surface area (Å²) in [4.78, 5) is 0. The van der Waals surface area contributed by atoms with E-state index in [0.717, 1.165) is 6.42 Å². The minimum atomic E-state index is -1.92. The molecule has 0 aliphatic heterocycles. The van der Waals surface area contributed by atoms with E-state index in [9.17, 15) is 0 Å². The number of benzene rings is 2. The zero-order chi connectivity index (χ0) is 15.6. The SMILES string of the molecule is Cc1ccc(/[CH]=[Zr+2](\[C]2=CC=CC2)[CH]2C=Cc3ccccc32)cc1.[Cl-].[Cl-]. The van der Waals surface area contributed by atoms with Gasteiger partial charge in [-0.15, -0.1) is 0 Å². The van der Waals surface area contributed by atoms with Crippen molar-refractivity contribution >= 4 is 9.78 Å². The Morgan fingerprint density at radius 3 is 2.48 bits per heavy atom. The van der Waals surface area contributed by atoms with E-state index in [1.54, 1.807) is 3.28 Å². The van der Waals surface area contributed by atoms with Crippen LogP contribution in [0.4, 0.5) is 0 Å². The van der Waals surface area contributed by atoms with Crippen LogP contribution in [0.2, 0.25) is 0 Å². The van der Waals surface area contributed by atoms with Crippen molar-refractivity contribution in [2.75, 3.05) is 0 Å². The second-order valence-electron chi connectivity index (χ2n) is 6.30. The van der Waals surface area contributed by atoms with Gasteiger partial charge in [-0.3, -0.25) is 0 Å². The summed E-state index contributed by atoms with van der Waals surface area (Å²) in [5, 5.41) is 0. The Kier molecular flexibility index (Phi) is 7.38. The fraction of sp³-hybridized carbons (Fsp3) is 0.136. The zero-order valence-electron chi connectivity index (χ0n) is 14.1. The third-order valence-electron chi connectivity index (χ3n) is 4.68. The van der Waals surface area contributed by atoms with E-state index < -0.39 is 21.3 Å². The normalized spacial score (nSPS) is 16.8. The molecule has 0 aromatic heterocycles. The maximum absolute atomic E-state index is 2.64. The largest absolute Gasteiger partial charge is 1.00 e. The minimum absolute atomic E-state index is 0. The summed E-state index contributed by atoms with van der Waals surface area (Å²) in [5.41, 5.74) is 5.69. The second-order valence-corrected chi connectivity index (χ2v) is 12.4. The van der Waals surface area contributed by atoms with Crippen molar-refractivity contribution in [1.82, 2.24) is 0 Å². The Hall–Kier alpha value is -1.01. The molecule has 0 amide bonds. The summed E-state index contributed by atoms with van der Waals surface area (Å²) < 4.78 is 4.98. The van der Waals surface area contributed by atoms with Crippen LogP contribution in [0, 0.1) is 6.92 Å². The third-order valence-corrected chi connectivity index (χ3v) is 11.9. The van der Waals surface area contributed by atoms with Crippen molar-refractivity contribution in [3.8, 4) is 0 Å². The molecule has 0 N–H and O–H groups in total. The summed E-state index contributed by atoms with van der Waals surface area (Å²) in [5.74, 6) is 0. The van der Waals surface area contributed by atoms with Crippen LogP contribution >= 0.6 is 0 Å². The Morgan fingerprint density at radius 2 is 1.76 bits per heavy atom. The third kappa shape index (κ3) is 4.40. The summed E-state index contributed by atoms with van der Waals surface area (Å²) in [6, 6.07) is 17.9. The molecule has 2 aromatic rings. The van der Waals surface area contributed by atoms with Gasteiger partial charge in [-0.25, -0.2) is 0 Å². The van der Waals surface area contributed by atoms with Crippen molar-refractivity contribution < 1.29 is 46.1 Å². The van der Waals surface area contributed by atoms with Gasteiger partial charge in [0.2, 0.25) is 0 Å². The monoisotopic (exact) mass is 444 g/mol.